The number of nitrogens with zero attached hydrogens (tertiary/aromatic N) is 2. The molecule has 0 aliphatic rings. The third-order valence-electron chi connectivity index (χ3n) is 6.49. The molecule has 0 saturated heterocycles. The first-order valence-electron chi connectivity index (χ1n) is 13.5. The van der Waals surface area contributed by atoms with Crippen molar-refractivity contribution in [2.75, 3.05) is 13.2 Å². The van der Waals surface area contributed by atoms with Gasteiger partial charge in [-0.3, -0.25) is 4.99 Å². The molecule has 5 rings (SSSR count). The van der Waals surface area contributed by atoms with Crippen molar-refractivity contribution < 1.29 is 19.1 Å². The zero-order valence-corrected chi connectivity index (χ0v) is 23.0. The predicted molar refractivity (Wildman–Crippen MR) is 162 cm³/mol. The lowest BCUT2D eigenvalue weighted by molar-refractivity contribution is 0.0517. The molecule has 0 aliphatic carbocycles. The Bertz CT molecular complexity index is 1670. The van der Waals surface area contributed by atoms with Crippen LogP contribution in [0.1, 0.15) is 40.1 Å². The molecule has 1 heterocycles. The van der Waals surface area contributed by atoms with Gasteiger partial charge in [0.1, 0.15) is 0 Å². The monoisotopic (exact) mass is 542 g/mol. The maximum atomic E-state index is 12.3. The van der Waals surface area contributed by atoms with Gasteiger partial charge in [0.2, 0.25) is 0 Å². The van der Waals surface area contributed by atoms with Gasteiger partial charge in [0.15, 0.2) is 0 Å². The molecule has 0 aliphatic heterocycles. The summed E-state index contributed by atoms with van der Waals surface area (Å²) in [6, 6.07) is 36.9. The summed E-state index contributed by atoms with van der Waals surface area (Å²) in [7, 11) is 0. The van der Waals surface area contributed by atoms with Crippen LogP contribution in [0.25, 0.3) is 28.2 Å². The highest BCUT2D eigenvalue weighted by atomic mass is 16.5. The number of carbonyl (C=O) groups is 2. The van der Waals surface area contributed by atoms with Gasteiger partial charge in [-0.1, -0.05) is 66.7 Å². The third kappa shape index (κ3) is 6.17. The summed E-state index contributed by atoms with van der Waals surface area (Å²) in [6.45, 7) is 4.20. The minimum atomic E-state index is -0.377. The van der Waals surface area contributed by atoms with Crippen molar-refractivity contribution in [2.45, 2.75) is 13.8 Å². The molecule has 4 aromatic carbocycles. The van der Waals surface area contributed by atoms with Crippen LogP contribution in [0.5, 0.6) is 0 Å². The maximum absolute atomic E-state index is 12.3. The van der Waals surface area contributed by atoms with Crippen LogP contribution < -0.4 is 0 Å². The number of aromatic nitrogens is 1. The molecule has 204 valence electrons. The first-order valence-corrected chi connectivity index (χ1v) is 13.5. The normalized spacial score (nSPS) is 11.0. The van der Waals surface area contributed by atoms with Gasteiger partial charge in [-0.2, -0.15) is 0 Å². The van der Waals surface area contributed by atoms with E-state index in [9.17, 15) is 9.59 Å². The summed E-state index contributed by atoms with van der Waals surface area (Å²) in [6.07, 6.45) is 1.82. The number of hydrogen-bond acceptors (Lipinski definition) is 5. The zero-order valence-electron chi connectivity index (χ0n) is 23.0. The lowest BCUT2D eigenvalue weighted by Crippen LogP contribution is -2.05. The Balaban J connectivity index is 1.67. The van der Waals surface area contributed by atoms with Crippen LogP contribution in [-0.4, -0.2) is 35.9 Å². The highest BCUT2D eigenvalue weighted by Crippen LogP contribution is 2.36. The van der Waals surface area contributed by atoms with E-state index >= 15 is 0 Å². The highest BCUT2D eigenvalue weighted by Gasteiger charge is 2.19. The molecule has 0 saturated carbocycles. The summed E-state index contributed by atoms with van der Waals surface area (Å²) >= 11 is 0. The Morgan fingerprint density at radius 2 is 1.29 bits per heavy atom. The lowest BCUT2D eigenvalue weighted by Gasteiger charge is -2.15. The van der Waals surface area contributed by atoms with Crippen LogP contribution in [-0.2, 0) is 9.47 Å². The SMILES string of the molecule is CCOC(=O)c1ccc(-n2c(-c3ccccc3)cc(C=Nc3cccc(C(=O)OCC)c3)c2-c2ccccc2)cc1. The standard InChI is InChI=1S/C35H30N2O4/c1-3-40-34(38)27-18-20-31(21-19-27)37-32(25-12-7-5-8-13-25)23-29(33(37)26-14-9-6-10-15-26)24-36-30-17-11-16-28(22-30)35(39)41-4-2/h5-24H,3-4H2,1-2H3. The minimum absolute atomic E-state index is 0.309. The molecule has 0 amide bonds. The Labute approximate surface area is 239 Å². The van der Waals surface area contributed by atoms with Crippen molar-refractivity contribution in [1.82, 2.24) is 4.57 Å². The molecule has 0 unspecified atom stereocenters. The third-order valence-corrected chi connectivity index (χ3v) is 6.49. The number of hydrogen-bond donors (Lipinski definition) is 0. The summed E-state index contributed by atoms with van der Waals surface area (Å²) in [5, 5.41) is 0. The summed E-state index contributed by atoms with van der Waals surface area (Å²) in [4.78, 5) is 29.3. The molecule has 1 aromatic heterocycles. The van der Waals surface area contributed by atoms with Crippen LogP contribution in [0, 0.1) is 0 Å². The average molecular weight is 543 g/mol. The first-order chi connectivity index (χ1) is 20.1. The number of benzene rings is 4. The van der Waals surface area contributed by atoms with Crippen LogP contribution in [0.2, 0.25) is 0 Å². The van der Waals surface area contributed by atoms with Gasteiger partial charge >= 0.3 is 11.9 Å². The van der Waals surface area contributed by atoms with Gasteiger partial charge in [-0.15, -0.1) is 0 Å². The molecule has 0 bridgehead atoms. The fourth-order valence-corrected chi connectivity index (χ4v) is 4.64. The molecular weight excluding hydrogens is 512 g/mol. The molecule has 6 nitrogen and oxygen atoms in total. The molecule has 0 spiro atoms. The zero-order chi connectivity index (χ0) is 28.6. The van der Waals surface area contributed by atoms with Gasteiger partial charge in [0.05, 0.1) is 41.4 Å². The van der Waals surface area contributed by atoms with Crippen LogP contribution in [0.15, 0.2) is 120 Å². The quantitative estimate of drug-likeness (QED) is 0.140. The molecular formula is C35H30N2O4. The number of rotatable bonds is 9. The fourth-order valence-electron chi connectivity index (χ4n) is 4.64. The maximum Gasteiger partial charge on any atom is 0.338 e. The second-order valence-corrected chi connectivity index (χ2v) is 9.20. The Kier molecular flexibility index (Phi) is 8.50. The van der Waals surface area contributed by atoms with E-state index in [1.54, 1.807) is 44.2 Å². The van der Waals surface area contributed by atoms with Crippen molar-refractivity contribution in [3.63, 3.8) is 0 Å². The average Bonchev–Trinajstić information content (AvgIpc) is 3.41. The Hall–Kier alpha value is -5.23. The van der Waals surface area contributed by atoms with E-state index in [1.807, 2.05) is 60.8 Å². The van der Waals surface area contributed by atoms with Crippen molar-refractivity contribution in [3.8, 4) is 28.2 Å². The molecule has 0 radical (unpaired) electrons. The number of carbonyl (C=O) groups excluding carboxylic acids is 2. The van der Waals surface area contributed by atoms with Crippen molar-refractivity contribution in [2.24, 2.45) is 4.99 Å². The Morgan fingerprint density at radius 3 is 1.93 bits per heavy atom. The molecule has 0 N–H and O–H groups in total. The van der Waals surface area contributed by atoms with Crippen molar-refractivity contribution >= 4 is 23.8 Å². The predicted octanol–water partition coefficient (Wildman–Crippen LogP) is 7.92. The molecule has 41 heavy (non-hydrogen) atoms. The summed E-state index contributed by atoms with van der Waals surface area (Å²) in [5.74, 6) is -0.728. The van der Waals surface area contributed by atoms with Crippen LogP contribution in [0.4, 0.5) is 5.69 Å². The van der Waals surface area contributed by atoms with E-state index in [4.69, 9.17) is 14.5 Å². The van der Waals surface area contributed by atoms with Crippen LogP contribution in [0.3, 0.4) is 0 Å². The van der Waals surface area contributed by atoms with Gasteiger partial charge < -0.3 is 14.0 Å². The van der Waals surface area contributed by atoms with E-state index in [0.717, 1.165) is 33.8 Å². The fraction of sp³-hybridized carbons (Fsp3) is 0.114. The van der Waals surface area contributed by atoms with Gasteiger partial charge in [0.25, 0.3) is 0 Å². The largest absolute Gasteiger partial charge is 0.462 e. The van der Waals surface area contributed by atoms with E-state index in [0.29, 0.717) is 30.0 Å². The highest BCUT2D eigenvalue weighted by molar-refractivity contribution is 5.96. The molecule has 0 fully saturated rings. The number of aliphatic imine (C=N–C) groups is 1. The van der Waals surface area contributed by atoms with E-state index < -0.39 is 0 Å². The second kappa shape index (κ2) is 12.7. The van der Waals surface area contributed by atoms with Gasteiger partial charge in [-0.05, 0) is 73.5 Å². The first kappa shape index (κ1) is 27.3. The van der Waals surface area contributed by atoms with Gasteiger partial charge in [0, 0.05) is 17.5 Å². The summed E-state index contributed by atoms with van der Waals surface area (Å²) < 4.78 is 12.5. The minimum Gasteiger partial charge on any atom is -0.462 e. The summed E-state index contributed by atoms with van der Waals surface area (Å²) in [5.41, 5.74) is 7.32. The topological polar surface area (TPSA) is 69.9 Å². The van der Waals surface area contributed by atoms with E-state index in [1.165, 1.54) is 0 Å². The lowest BCUT2D eigenvalue weighted by atomic mass is 10.1. The number of ether oxygens (including phenoxy) is 2. The molecule has 6 heteroatoms. The Morgan fingerprint density at radius 1 is 0.683 bits per heavy atom. The second-order valence-electron chi connectivity index (χ2n) is 9.20. The van der Waals surface area contributed by atoms with Crippen molar-refractivity contribution in [1.29, 1.82) is 0 Å². The van der Waals surface area contributed by atoms with E-state index in [2.05, 4.69) is 34.9 Å². The molecule has 5 aromatic rings. The van der Waals surface area contributed by atoms with Crippen molar-refractivity contribution in [3.05, 3.63) is 132 Å². The molecule has 0 atom stereocenters. The van der Waals surface area contributed by atoms with Gasteiger partial charge in [-0.25, -0.2) is 9.59 Å². The smallest absolute Gasteiger partial charge is 0.338 e. The van der Waals surface area contributed by atoms with E-state index in [-0.39, 0.29) is 11.9 Å². The number of esters is 2. The van der Waals surface area contributed by atoms with Crippen LogP contribution >= 0.6 is 0 Å².